The Balaban J connectivity index is 2.15. The third-order valence-corrected chi connectivity index (χ3v) is 3.41. The maximum absolute atomic E-state index is 12.4. The number of ether oxygens (including phenoxy) is 1. The lowest BCUT2D eigenvalue weighted by Crippen LogP contribution is -2.16. The molecule has 1 aliphatic heterocycles. The van der Waals surface area contributed by atoms with E-state index >= 15 is 0 Å². The van der Waals surface area contributed by atoms with Crippen LogP contribution in [0.2, 0.25) is 0 Å². The molecule has 4 heteroatoms. The Morgan fingerprint density at radius 3 is 2.45 bits per heavy atom. The predicted molar refractivity (Wildman–Crippen MR) is 75.9 cm³/mol. The fourth-order valence-corrected chi connectivity index (χ4v) is 2.30. The highest BCUT2D eigenvalue weighted by Crippen LogP contribution is 2.31. The number of fused-ring (bicyclic) bond motifs is 1. The van der Waals surface area contributed by atoms with Gasteiger partial charge in [0.05, 0.1) is 18.7 Å². The zero-order valence-electron chi connectivity index (χ0n) is 11.2. The van der Waals surface area contributed by atoms with Crippen LogP contribution in [-0.2, 0) is 0 Å². The molecule has 0 saturated heterocycles. The maximum Gasteiger partial charge on any atom is 0.272 e. The zero-order chi connectivity index (χ0) is 14.3. The van der Waals surface area contributed by atoms with E-state index in [9.17, 15) is 10.0 Å². The number of nitrogens with zero attached hydrogens (tertiary/aromatic N) is 1. The van der Waals surface area contributed by atoms with Crippen molar-refractivity contribution in [3.8, 4) is 5.75 Å². The predicted octanol–water partition coefficient (Wildman–Crippen LogP) is 2.83. The second kappa shape index (κ2) is 4.49. The molecule has 0 spiro atoms. The van der Waals surface area contributed by atoms with E-state index < -0.39 is 0 Å². The summed E-state index contributed by atoms with van der Waals surface area (Å²) in [7, 11) is 1.53. The van der Waals surface area contributed by atoms with E-state index in [1.54, 1.807) is 30.3 Å². The molecular weight excluding hydrogens is 254 g/mol. The summed E-state index contributed by atoms with van der Waals surface area (Å²) >= 11 is 0. The van der Waals surface area contributed by atoms with Gasteiger partial charge in [0, 0.05) is 0 Å². The summed E-state index contributed by atoms with van der Waals surface area (Å²) in [6, 6.07) is 12.2. The Morgan fingerprint density at radius 1 is 1.10 bits per heavy atom. The molecule has 0 N–H and O–H groups in total. The van der Waals surface area contributed by atoms with E-state index in [0.29, 0.717) is 27.3 Å². The molecule has 20 heavy (non-hydrogen) atoms. The first-order valence-corrected chi connectivity index (χ1v) is 6.26. The quantitative estimate of drug-likeness (QED) is 0.621. The molecule has 1 aliphatic rings. The molecule has 0 atom stereocenters. The van der Waals surface area contributed by atoms with Gasteiger partial charge in [-0.25, -0.2) is 0 Å². The summed E-state index contributed by atoms with van der Waals surface area (Å²) in [4.78, 5) is 12.4. The van der Waals surface area contributed by atoms with E-state index in [-0.39, 0.29) is 11.5 Å². The van der Waals surface area contributed by atoms with E-state index in [0.717, 1.165) is 5.56 Å². The molecule has 0 unspecified atom stereocenters. The normalized spacial score (nSPS) is 13.6. The van der Waals surface area contributed by atoms with Crippen LogP contribution in [0.25, 0.3) is 0 Å². The number of ketones is 1. The minimum Gasteiger partial charge on any atom is -0.618 e. The summed E-state index contributed by atoms with van der Waals surface area (Å²) in [6.45, 7) is 1.96. The van der Waals surface area contributed by atoms with Crippen molar-refractivity contribution in [2.75, 3.05) is 7.11 Å². The monoisotopic (exact) mass is 267 g/mol. The third kappa shape index (κ3) is 1.77. The molecule has 0 aliphatic carbocycles. The molecule has 0 fully saturated rings. The molecule has 2 aromatic rings. The molecule has 0 aromatic heterocycles. The van der Waals surface area contributed by atoms with E-state index in [4.69, 9.17) is 4.74 Å². The average Bonchev–Trinajstić information content (AvgIpc) is 2.72. The number of hydrogen-bond donors (Lipinski definition) is 0. The molecule has 100 valence electrons. The van der Waals surface area contributed by atoms with Crippen LogP contribution in [0.5, 0.6) is 5.75 Å². The van der Waals surface area contributed by atoms with E-state index in [1.165, 1.54) is 7.11 Å². The minimum atomic E-state index is -0.249. The van der Waals surface area contributed by atoms with Crippen molar-refractivity contribution in [3.63, 3.8) is 0 Å². The molecule has 0 saturated carbocycles. The van der Waals surface area contributed by atoms with Gasteiger partial charge in [-0.2, -0.15) is 4.74 Å². The van der Waals surface area contributed by atoms with Gasteiger partial charge in [0.15, 0.2) is 0 Å². The zero-order valence-corrected chi connectivity index (χ0v) is 11.2. The van der Waals surface area contributed by atoms with Crippen LogP contribution in [0.15, 0.2) is 42.5 Å². The Labute approximate surface area is 116 Å². The first-order chi connectivity index (χ1) is 9.61. The number of Topliss-reactive ketones (excluding diaryl/α,β-unsaturated/α-hetero) is 1. The highest BCUT2D eigenvalue weighted by Gasteiger charge is 2.36. The van der Waals surface area contributed by atoms with Crippen molar-refractivity contribution in [1.82, 2.24) is 0 Å². The van der Waals surface area contributed by atoms with Gasteiger partial charge in [-0.15, -0.1) is 0 Å². The van der Waals surface area contributed by atoms with Crippen molar-refractivity contribution in [2.45, 2.75) is 6.92 Å². The summed E-state index contributed by atoms with van der Waals surface area (Å²) < 4.78 is 5.78. The first kappa shape index (κ1) is 12.4. The van der Waals surface area contributed by atoms with Crippen LogP contribution >= 0.6 is 0 Å². The van der Waals surface area contributed by atoms with Crippen LogP contribution in [0.4, 0.5) is 5.69 Å². The van der Waals surface area contributed by atoms with Gasteiger partial charge < -0.3 is 9.94 Å². The van der Waals surface area contributed by atoms with Crippen LogP contribution in [0, 0.1) is 12.1 Å². The molecular formula is C16H13NO3. The summed E-state index contributed by atoms with van der Waals surface area (Å²) in [6.07, 6.45) is 0. The topological polar surface area (TPSA) is 52.4 Å². The number of carbonyl (C=O) groups is 1. The summed E-state index contributed by atoms with van der Waals surface area (Å²) in [5.41, 5.74) is 2.62. The second-order valence-corrected chi connectivity index (χ2v) is 4.72. The molecule has 0 bridgehead atoms. The Hall–Kier alpha value is -2.62. The van der Waals surface area contributed by atoms with Gasteiger partial charge >= 0.3 is 0 Å². The lowest BCUT2D eigenvalue weighted by Gasteiger charge is -2.03. The standard InChI is InChI=1S/C16H13NO3/c1-10-3-5-11(6-4-10)15-16(18)13-8-7-12(20-2)9-14(13)17(15)19/h3-9H,1-2H3. The van der Waals surface area contributed by atoms with E-state index in [1.807, 2.05) is 19.1 Å². The maximum atomic E-state index is 12.4. The SMILES string of the molecule is COc1ccc2c(c1)[N+]([O-])=C(c1ccc(C)cc1)C2=O. The van der Waals surface area contributed by atoms with Crippen LogP contribution in [0.1, 0.15) is 21.5 Å². The molecule has 1 heterocycles. The van der Waals surface area contributed by atoms with Crippen LogP contribution < -0.4 is 4.74 Å². The Kier molecular flexibility index (Phi) is 2.79. The third-order valence-electron chi connectivity index (χ3n) is 3.41. The molecule has 3 rings (SSSR count). The van der Waals surface area contributed by atoms with Gasteiger partial charge in [0.25, 0.3) is 11.5 Å². The lowest BCUT2D eigenvalue weighted by atomic mass is 10.0. The van der Waals surface area contributed by atoms with Crippen molar-refractivity contribution in [2.24, 2.45) is 0 Å². The van der Waals surface area contributed by atoms with Gasteiger partial charge in [-0.3, -0.25) is 4.79 Å². The molecule has 2 aromatic carbocycles. The molecule has 0 amide bonds. The van der Waals surface area contributed by atoms with Crippen LogP contribution in [0.3, 0.4) is 0 Å². The molecule has 4 nitrogen and oxygen atoms in total. The Bertz CT molecular complexity index is 730. The smallest absolute Gasteiger partial charge is 0.272 e. The van der Waals surface area contributed by atoms with Gasteiger partial charge in [-0.1, -0.05) is 17.7 Å². The fraction of sp³-hybridized carbons (Fsp3) is 0.125. The first-order valence-electron chi connectivity index (χ1n) is 6.26. The second-order valence-electron chi connectivity index (χ2n) is 4.72. The highest BCUT2D eigenvalue weighted by molar-refractivity contribution is 6.52. The lowest BCUT2D eigenvalue weighted by molar-refractivity contribution is -0.355. The average molecular weight is 267 g/mol. The number of rotatable bonds is 2. The fourth-order valence-electron chi connectivity index (χ4n) is 2.30. The van der Waals surface area contributed by atoms with Gasteiger partial charge in [0.1, 0.15) is 11.3 Å². The van der Waals surface area contributed by atoms with E-state index in [2.05, 4.69) is 0 Å². The van der Waals surface area contributed by atoms with Crippen molar-refractivity contribution in [1.29, 1.82) is 0 Å². The highest BCUT2D eigenvalue weighted by atomic mass is 16.5. The number of aryl methyl sites for hydroxylation is 1. The number of methoxy groups -OCH3 is 1. The van der Waals surface area contributed by atoms with Gasteiger partial charge in [-0.05, 0) is 31.2 Å². The number of benzene rings is 2. The number of carbonyl (C=O) groups excluding carboxylic acids is 1. The van der Waals surface area contributed by atoms with Crippen LogP contribution in [-0.4, -0.2) is 23.3 Å². The minimum absolute atomic E-state index is 0.160. The van der Waals surface area contributed by atoms with Crippen molar-refractivity contribution in [3.05, 3.63) is 64.4 Å². The summed E-state index contributed by atoms with van der Waals surface area (Å²) in [5.74, 6) is 0.309. The van der Waals surface area contributed by atoms with Crippen molar-refractivity contribution < 1.29 is 14.3 Å². The van der Waals surface area contributed by atoms with Crippen molar-refractivity contribution >= 4 is 17.2 Å². The largest absolute Gasteiger partial charge is 0.618 e. The van der Waals surface area contributed by atoms with Gasteiger partial charge in [0.2, 0.25) is 5.69 Å². The Morgan fingerprint density at radius 2 is 1.80 bits per heavy atom. The molecule has 0 radical (unpaired) electrons. The number of hydrogen-bond acceptors (Lipinski definition) is 3. The summed E-state index contributed by atoms with van der Waals surface area (Å²) in [5, 5.41) is 12.4.